The van der Waals surface area contributed by atoms with E-state index in [-0.39, 0.29) is 0 Å². The SMILES string of the molecule is Cc1ccc(/C=C2\CCCc3c2nc2ccccc2c3C(=O)OC(C)C(=O)NC(N)=O)cc1. The van der Waals surface area contributed by atoms with E-state index in [9.17, 15) is 14.4 Å². The molecule has 0 saturated carbocycles. The Morgan fingerprint density at radius 2 is 1.82 bits per heavy atom. The van der Waals surface area contributed by atoms with Crippen LogP contribution in [0.25, 0.3) is 22.6 Å². The molecule has 1 aliphatic carbocycles. The first kappa shape index (κ1) is 22.2. The Balaban J connectivity index is 1.79. The molecule has 4 rings (SSSR count). The fraction of sp³-hybridized carbons (Fsp3) is 0.231. The van der Waals surface area contributed by atoms with E-state index in [4.69, 9.17) is 15.5 Å². The minimum atomic E-state index is -1.18. The van der Waals surface area contributed by atoms with Gasteiger partial charge in [0.1, 0.15) is 0 Å². The highest BCUT2D eigenvalue weighted by Gasteiger charge is 2.28. The van der Waals surface area contributed by atoms with Gasteiger partial charge in [0.2, 0.25) is 0 Å². The van der Waals surface area contributed by atoms with Gasteiger partial charge in [-0.15, -0.1) is 0 Å². The number of nitrogens with two attached hydrogens (primary N) is 1. The fourth-order valence-corrected chi connectivity index (χ4v) is 4.07. The summed E-state index contributed by atoms with van der Waals surface area (Å²) in [6, 6.07) is 14.6. The topological polar surface area (TPSA) is 111 Å². The van der Waals surface area contributed by atoms with Crippen LogP contribution in [0.5, 0.6) is 0 Å². The number of hydrogen-bond donors (Lipinski definition) is 2. The first-order chi connectivity index (χ1) is 15.8. The minimum Gasteiger partial charge on any atom is -0.449 e. The number of benzene rings is 2. The van der Waals surface area contributed by atoms with E-state index >= 15 is 0 Å². The Kier molecular flexibility index (Phi) is 6.22. The van der Waals surface area contributed by atoms with E-state index in [1.54, 1.807) is 0 Å². The normalized spacial score (nSPS) is 15.0. The average molecular weight is 444 g/mol. The van der Waals surface area contributed by atoms with Gasteiger partial charge in [0.25, 0.3) is 5.91 Å². The maximum Gasteiger partial charge on any atom is 0.339 e. The van der Waals surface area contributed by atoms with Gasteiger partial charge in [-0.3, -0.25) is 10.1 Å². The molecular formula is C26H25N3O4. The van der Waals surface area contributed by atoms with Gasteiger partial charge in [0.15, 0.2) is 6.10 Å². The predicted octanol–water partition coefficient (Wildman–Crippen LogP) is 4.16. The van der Waals surface area contributed by atoms with E-state index in [1.807, 2.05) is 36.5 Å². The number of pyridine rings is 1. The van der Waals surface area contributed by atoms with Crippen molar-refractivity contribution in [1.29, 1.82) is 0 Å². The first-order valence-electron chi connectivity index (χ1n) is 10.8. The van der Waals surface area contributed by atoms with Gasteiger partial charge >= 0.3 is 12.0 Å². The van der Waals surface area contributed by atoms with Crippen molar-refractivity contribution in [3.05, 3.63) is 76.5 Å². The summed E-state index contributed by atoms with van der Waals surface area (Å²) in [6.45, 7) is 3.44. The monoisotopic (exact) mass is 443 g/mol. The van der Waals surface area contributed by atoms with Crippen LogP contribution in [0.1, 0.15) is 52.5 Å². The molecule has 1 aromatic heterocycles. The predicted molar refractivity (Wildman–Crippen MR) is 126 cm³/mol. The Morgan fingerprint density at radius 1 is 1.09 bits per heavy atom. The summed E-state index contributed by atoms with van der Waals surface area (Å²) < 4.78 is 5.43. The van der Waals surface area contributed by atoms with Crippen LogP contribution in [0, 0.1) is 6.92 Å². The van der Waals surface area contributed by atoms with Crippen molar-refractivity contribution >= 4 is 40.5 Å². The molecule has 168 valence electrons. The number of urea groups is 1. The largest absolute Gasteiger partial charge is 0.449 e. The number of carbonyl (C=O) groups excluding carboxylic acids is 3. The Morgan fingerprint density at radius 3 is 2.55 bits per heavy atom. The molecule has 0 bridgehead atoms. The average Bonchev–Trinajstić information content (AvgIpc) is 2.78. The molecule has 1 unspecified atom stereocenters. The van der Waals surface area contributed by atoms with Crippen LogP contribution in [-0.2, 0) is 16.0 Å². The molecule has 1 heterocycles. The van der Waals surface area contributed by atoms with Crippen LogP contribution in [-0.4, -0.2) is 29.0 Å². The van der Waals surface area contributed by atoms with Gasteiger partial charge in [-0.1, -0.05) is 48.0 Å². The molecule has 3 amide bonds. The molecule has 0 saturated heterocycles. The first-order valence-corrected chi connectivity index (χ1v) is 10.8. The number of nitrogens with zero attached hydrogens (tertiary/aromatic N) is 1. The highest BCUT2D eigenvalue weighted by molar-refractivity contribution is 6.07. The third-order valence-corrected chi connectivity index (χ3v) is 5.69. The smallest absolute Gasteiger partial charge is 0.339 e. The van der Waals surface area contributed by atoms with Gasteiger partial charge in [0, 0.05) is 5.39 Å². The third kappa shape index (κ3) is 4.77. The molecule has 7 heteroatoms. The minimum absolute atomic E-state index is 0.406. The van der Waals surface area contributed by atoms with Crippen molar-refractivity contribution in [2.24, 2.45) is 5.73 Å². The lowest BCUT2D eigenvalue weighted by Crippen LogP contribution is -2.42. The highest BCUT2D eigenvalue weighted by Crippen LogP contribution is 2.36. The number of ether oxygens (including phenoxy) is 1. The number of esters is 1. The number of nitrogens with one attached hydrogen (secondary N) is 1. The molecule has 2 aromatic carbocycles. The van der Waals surface area contributed by atoms with Gasteiger partial charge in [0.05, 0.1) is 16.8 Å². The number of primary amides is 1. The zero-order valence-corrected chi connectivity index (χ0v) is 18.6. The Bertz CT molecular complexity index is 1280. The molecule has 0 spiro atoms. The maximum absolute atomic E-state index is 13.3. The number of hydrogen-bond acceptors (Lipinski definition) is 5. The van der Waals surface area contributed by atoms with E-state index < -0.39 is 24.0 Å². The second-order valence-corrected chi connectivity index (χ2v) is 8.17. The quantitative estimate of drug-likeness (QED) is 0.588. The third-order valence-electron chi connectivity index (χ3n) is 5.69. The number of aromatic nitrogens is 1. The number of rotatable bonds is 4. The number of imide groups is 1. The van der Waals surface area contributed by atoms with E-state index in [1.165, 1.54) is 12.5 Å². The second kappa shape index (κ2) is 9.24. The van der Waals surface area contributed by atoms with Crippen molar-refractivity contribution in [1.82, 2.24) is 10.3 Å². The Labute approximate surface area is 191 Å². The number of carbonyl (C=O) groups is 3. The lowest BCUT2D eigenvalue weighted by molar-refractivity contribution is -0.127. The summed E-state index contributed by atoms with van der Waals surface area (Å²) in [7, 11) is 0. The summed E-state index contributed by atoms with van der Waals surface area (Å²) in [5.41, 5.74) is 11.0. The van der Waals surface area contributed by atoms with Crippen LogP contribution in [0.3, 0.4) is 0 Å². The lowest BCUT2D eigenvalue weighted by Gasteiger charge is -2.23. The number of fused-ring (bicyclic) bond motifs is 2. The standard InChI is InChI=1S/C26H25N3O4/c1-15-10-12-17(13-11-15)14-18-6-5-8-20-22(19-7-3-4-9-21(19)28-23(18)20)25(31)33-16(2)24(30)29-26(27)32/h3-4,7,9-14,16H,5-6,8H2,1-2H3,(H3,27,29,30,32)/b18-14+. The highest BCUT2D eigenvalue weighted by atomic mass is 16.5. The van der Waals surface area contributed by atoms with Gasteiger partial charge in [-0.05, 0) is 62.0 Å². The molecule has 0 radical (unpaired) electrons. The molecule has 0 fully saturated rings. The number of para-hydroxylation sites is 1. The number of amides is 3. The zero-order chi connectivity index (χ0) is 23.5. The van der Waals surface area contributed by atoms with E-state index in [0.717, 1.165) is 35.2 Å². The molecule has 1 atom stereocenters. The van der Waals surface area contributed by atoms with Crippen molar-refractivity contribution < 1.29 is 19.1 Å². The second-order valence-electron chi connectivity index (χ2n) is 8.17. The van der Waals surface area contributed by atoms with Crippen LogP contribution < -0.4 is 11.1 Å². The van der Waals surface area contributed by atoms with Gasteiger partial charge in [-0.2, -0.15) is 0 Å². The molecule has 1 aliphatic rings. The van der Waals surface area contributed by atoms with Crippen molar-refractivity contribution in [3.63, 3.8) is 0 Å². The molecular weight excluding hydrogens is 418 g/mol. The number of allylic oxidation sites excluding steroid dienone is 1. The van der Waals surface area contributed by atoms with Crippen molar-refractivity contribution in [3.8, 4) is 0 Å². The Hall–Kier alpha value is -4.00. The van der Waals surface area contributed by atoms with Crippen LogP contribution in [0.4, 0.5) is 4.79 Å². The fourth-order valence-electron chi connectivity index (χ4n) is 4.07. The van der Waals surface area contributed by atoms with Crippen LogP contribution in [0.2, 0.25) is 0 Å². The molecule has 3 aromatic rings. The van der Waals surface area contributed by atoms with E-state index in [0.29, 0.717) is 22.9 Å². The summed E-state index contributed by atoms with van der Waals surface area (Å²) in [4.78, 5) is 41.2. The zero-order valence-electron chi connectivity index (χ0n) is 18.6. The summed E-state index contributed by atoms with van der Waals surface area (Å²) in [6.07, 6.45) is 3.31. The van der Waals surface area contributed by atoms with Crippen LogP contribution in [0.15, 0.2) is 48.5 Å². The maximum atomic E-state index is 13.3. The molecule has 0 aliphatic heterocycles. The molecule has 3 N–H and O–H groups in total. The molecule has 33 heavy (non-hydrogen) atoms. The van der Waals surface area contributed by atoms with Crippen molar-refractivity contribution in [2.45, 2.75) is 39.2 Å². The molecule has 7 nitrogen and oxygen atoms in total. The number of aryl methyl sites for hydroxylation is 1. The summed E-state index contributed by atoms with van der Waals surface area (Å²) in [5, 5.41) is 2.61. The summed E-state index contributed by atoms with van der Waals surface area (Å²) in [5.74, 6) is -1.41. The van der Waals surface area contributed by atoms with Gasteiger partial charge < -0.3 is 10.5 Å². The van der Waals surface area contributed by atoms with Gasteiger partial charge in [-0.25, -0.2) is 14.6 Å². The van der Waals surface area contributed by atoms with Crippen LogP contribution >= 0.6 is 0 Å². The van der Waals surface area contributed by atoms with E-state index in [2.05, 4.69) is 30.3 Å². The lowest BCUT2D eigenvalue weighted by atomic mass is 9.86. The summed E-state index contributed by atoms with van der Waals surface area (Å²) >= 11 is 0. The van der Waals surface area contributed by atoms with Crippen molar-refractivity contribution in [2.75, 3.05) is 0 Å².